The molecule has 0 fully saturated rings. The average molecular weight is 406 g/mol. The van der Waals surface area contributed by atoms with Gasteiger partial charge in [-0.2, -0.15) is 5.10 Å². The van der Waals surface area contributed by atoms with Crippen molar-refractivity contribution in [3.8, 4) is 0 Å². The van der Waals surface area contributed by atoms with Crippen molar-refractivity contribution < 1.29 is 4.39 Å². The third kappa shape index (κ3) is 4.52. The van der Waals surface area contributed by atoms with E-state index in [0.29, 0.717) is 23.1 Å². The first-order valence-electron chi connectivity index (χ1n) is 8.81. The van der Waals surface area contributed by atoms with Crippen molar-refractivity contribution in [3.05, 3.63) is 86.4 Å². The van der Waals surface area contributed by atoms with Crippen LogP contribution in [0, 0.1) is 19.7 Å². The predicted molar refractivity (Wildman–Crippen MR) is 109 cm³/mol. The maximum absolute atomic E-state index is 13.1. The van der Waals surface area contributed by atoms with E-state index in [-0.39, 0.29) is 11.9 Å². The number of hydrogen-bond donors (Lipinski definition) is 1. The summed E-state index contributed by atoms with van der Waals surface area (Å²) >= 11 is 12.6. The summed E-state index contributed by atoms with van der Waals surface area (Å²) in [5, 5.41) is 9.43. The van der Waals surface area contributed by atoms with Crippen LogP contribution in [0.5, 0.6) is 0 Å². The Hall–Kier alpha value is -1.88. The second-order valence-corrected chi connectivity index (χ2v) is 7.48. The van der Waals surface area contributed by atoms with Gasteiger partial charge >= 0.3 is 0 Å². The Morgan fingerprint density at radius 1 is 1.04 bits per heavy atom. The molecule has 0 saturated heterocycles. The summed E-state index contributed by atoms with van der Waals surface area (Å²) in [6, 6.07) is 12.2. The van der Waals surface area contributed by atoms with Gasteiger partial charge in [0, 0.05) is 39.5 Å². The Morgan fingerprint density at radius 3 is 2.30 bits per heavy atom. The summed E-state index contributed by atoms with van der Waals surface area (Å²) in [6.45, 7) is 7.30. The first kappa shape index (κ1) is 19.9. The zero-order chi connectivity index (χ0) is 19.6. The molecule has 0 spiro atoms. The first-order valence-corrected chi connectivity index (χ1v) is 9.57. The average Bonchev–Trinajstić information content (AvgIpc) is 2.90. The van der Waals surface area contributed by atoms with E-state index in [4.69, 9.17) is 23.2 Å². The van der Waals surface area contributed by atoms with Crippen molar-refractivity contribution in [2.24, 2.45) is 0 Å². The molecule has 2 aromatic carbocycles. The number of hydrogen-bond acceptors (Lipinski definition) is 2. The van der Waals surface area contributed by atoms with Crippen LogP contribution in [-0.4, -0.2) is 9.78 Å². The minimum absolute atomic E-state index is 0.103. The molecule has 1 aromatic heterocycles. The Bertz CT molecular complexity index is 915. The van der Waals surface area contributed by atoms with Crippen LogP contribution in [0.25, 0.3) is 0 Å². The molecule has 1 heterocycles. The standard InChI is InChI=1S/C21H22Cl2FN3/c1-13(16-7-9-17(24)10-8-16)25-11-18-14(2)26-27(15(18)3)12-19-20(22)5-4-6-21(19)23/h4-10,13,25H,11-12H2,1-3H3. The molecular formula is C21H22Cl2FN3. The fourth-order valence-electron chi connectivity index (χ4n) is 3.10. The molecule has 0 saturated carbocycles. The highest BCUT2D eigenvalue weighted by Crippen LogP contribution is 2.26. The van der Waals surface area contributed by atoms with E-state index in [9.17, 15) is 4.39 Å². The van der Waals surface area contributed by atoms with Gasteiger partial charge in [0.25, 0.3) is 0 Å². The number of nitrogens with one attached hydrogen (secondary N) is 1. The minimum atomic E-state index is -0.225. The lowest BCUT2D eigenvalue weighted by Crippen LogP contribution is -2.19. The van der Waals surface area contributed by atoms with Crippen LogP contribution >= 0.6 is 23.2 Å². The first-order chi connectivity index (χ1) is 12.9. The van der Waals surface area contributed by atoms with Gasteiger partial charge in [-0.25, -0.2) is 4.39 Å². The van der Waals surface area contributed by atoms with Gasteiger partial charge in [0.15, 0.2) is 0 Å². The van der Waals surface area contributed by atoms with Crippen molar-refractivity contribution in [3.63, 3.8) is 0 Å². The van der Waals surface area contributed by atoms with E-state index >= 15 is 0 Å². The second-order valence-electron chi connectivity index (χ2n) is 6.66. The molecule has 27 heavy (non-hydrogen) atoms. The Morgan fingerprint density at radius 2 is 1.67 bits per heavy atom. The lowest BCUT2D eigenvalue weighted by molar-refractivity contribution is 0.567. The van der Waals surface area contributed by atoms with Crippen LogP contribution in [0.1, 0.15) is 41.0 Å². The molecule has 0 aliphatic rings. The molecule has 0 aliphatic heterocycles. The molecule has 3 aromatic rings. The highest BCUT2D eigenvalue weighted by Gasteiger charge is 2.15. The number of aryl methyl sites for hydroxylation is 1. The van der Waals surface area contributed by atoms with Crippen LogP contribution in [0.15, 0.2) is 42.5 Å². The van der Waals surface area contributed by atoms with Crippen LogP contribution in [0.3, 0.4) is 0 Å². The van der Waals surface area contributed by atoms with Crippen molar-refractivity contribution in [1.29, 1.82) is 0 Å². The summed E-state index contributed by atoms with van der Waals surface area (Å²) in [6.07, 6.45) is 0. The summed E-state index contributed by atoms with van der Waals surface area (Å²) in [7, 11) is 0. The van der Waals surface area contributed by atoms with Gasteiger partial charge in [-0.1, -0.05) is 41.4 Å². The third-order valence-corrected chi connectivity index (χ3v) is 5.56. The zero-order valence-corrected chi connectivity index (χ0v) is 17.1. The van der Waals surface area contributed by atoms with Crippen LogP contribution in [-0.2, 0) is 13.1 Å². The molecule has 0 radical (unpaired) electrons. The number of benzene rings is 2. The zero-order valence-electron chi connectivity index (χ0n) is 15.6. The Balaban J connectivity index is 1.75. The van der Waals surface area contributed by atoms with Crippen LogP contribution in [0.4, 0.5) is 4.39 Å². The van der Waals surface area contributed by atoms with Gasteiger partial charge < -0.3 is 5.32 Å². The SMILES string of the molecule is Cc1nn(Cc2c(Cl)cccc2Cl)c(C)c1CNC(C)c1ccc(F)cc1. The largest absolute Gasteiger partial charge is 0.306 e. The lowest BCUT2D eigenvalue weighted by atomic mass is 10.1. The van der Waals surface area contributed by atoms with Crippen LogP contribution in [0.2, 0.25) is 10.0 Å². The third-order valence-electron chi connectivity index (χ3n) is 4.86. The Kier molecular flexibility index (Phi) is 6.20. The Labute approximate surface area is 169 Å². The molecule has 142 valence electrons. The molecule has 0 bridgehead atoms. The fraction of sp³-hybridized carbons (Fsp3) is 0.286. The molecule has 1 N–H and O–H groups in total. The number of halogens is 3. The van der Waals surface area contributed by atoms with Gasteiger partial charge in [-0.15, -0.1) is 0 Å². The summed E-state index contributed by atoms with van der Waals surface area (Å²) in [5.74, 6) is -0.225. The highest BCUT2D eigenvalue weighted by molar-refractivity contribution is 6.35. The number of rotatable bonds is 6. The molecule has 3 nitrogen and oxygen atoms in total. The van der Waals surface area contributed by atoms with E-state index in [1.807, 2.05) is 36.7 Å². The van der Waals surface area contributed by atoms with Crippen molar-refractivity contribution in [2.75, 3.05) is 0 Å². The van der Waals surface area contributed by atoms with Gasteiger partial charge in [0.1, 0.15) is 5.82 Å². The van der Waals surface area contributed by atoms with E-state index in [1.54, 1.807) is 12.1 Å². The van der Waals surface area contributed by atoms with Crippen LogP contribution < -0.4 is 5.32 Å². The summed E-state index contributed by atoms with van der Waals surface area (Å²) in [4.78, 5) is 0. The monoisotopic (exact) mass is 405 g/mol. The normalized spacial score (nSPS) is 12.4. The quantitative estimate of drug-likeness (QED) is 0.557. The van der Waals surface area contributed by atoms with Gasteiger partial charge in [-0.3, -0.25) is 4.68 Å². The molecule has 3 rings (SSSR count). The lowest BCUT2D eigenvalue weighted by Gasteiger charge is -2.15. The predicted octanol–water partition coefficient (Wildman–Crippen LogP) is 5.84. The van der Waals surface area contributed by atoms with E-state index in [0.717, 1.165) is 28.1 Å². The topological polar surface area (TPSA) is 29.9 Å². The van der Waals surface area contributed by atoms with E-state index in [1.165, 1.54) is 12.1 Å². The van der Waals surface area contributed by atoms with E-state index < -0.39 is 0 Å². The van der Waals surface area contributed by atoms with Gasteiger partial charge in [-0.05, 0) is 50.6 Å². The fourth-order valence-corrected chi connectivity index (χ4v) is 3.62. The maximum Gasteiger partial charge on any atom is 0.123 e. The minimum Gasteiger partial charge on any atom is -0.306 e. The molecule has 0 aliphatic carbocycles. The molecular weight excluding hydrogens is 384 g/mol. The van der Waals surface area contributed by atoms with Crippen molar-refractivity contribution in [1.82, 2.24) is 15.1 Å². The van der Waals surface area contributed by atoms with Crippen molar-refractivity contribution in [2.45, 2.75) is 39.9 Å². The molecule has 1 atom stereocenters. The second kappa shape index (κ2) is 8.42. The van der Waals surface area contributed by atoms with Crippen molar-refractivity contribution >= 4 is 23.2 Å². The van der Waals surface area contributed by atoms with Gasteiger partial charge in [0.2, 0.25) is 0 Å². The molecule has 1 unspecified atom stereocenters. The smallest absolute Gasteiger partial charge is 0.123 e. The molecule has 6 heteroatoms. The summed E-state index contributed by atoms with van der Waals surface area (Å²) in [5.41, 5.74) is 5.09. The number of nitrogens with zero attached hydrogens (tertiary/aromatic N) is 2. The number of aromatic nitrogens is 2. The van der Waals surface area contributed by atoms with E-state index in [2.05, 4.69) is 17.3 Å². The van der Waals surface area contributed by atoms with Gasteiger partial charge in [0.05, 0.1) is 12.2 Å². The maximum atomic E-state index is 13.1. The summed E-state index contributed by atoms with van der Waals surface area (Å²) < 4.78 is 15.0. The highest BCUT2D eigenvalue weighted by atomic mass is 35.5. The molecule has 0 amide bonds.